The predicted molar refractivity (Wildman–Crippen MR) is 164 cm³/mol. The number of ether oxygens (including phenoxy) is 1. The molecule has 1 aromatic heterocycles. The zero-order valence-electron chi connectivity index (χ0n) is 24.7. The summed E-state index contributed by atoms with van der Waals surface area (Å²) in [6.07, 6.45) is 3.49. The second kappa shape index (κ2) is 11.4. The Morgan fingerprint density at radius 3 is 2.74 bits per heavy atom. The van der Waals surface area contributed by atoms with Crippen molar-refractivity contribution in [3.05, 3.63) is 70.5 Å². The topological polar surface area (TPSA) is 101 Å². The molecule has 1 spiro atoms. The zero-order chi connectivity index (χ0) is 30.5. The molecule has 0 aliphatic carbocycles. The Bertz CT molecular complexity index is 1550. The van der Waals surface area contributed by atoms with Gasteiger partial charge in [0, 0.05) is 66.5 Å². The van der Waals surface area contributed by atoms with Crippen molar-refractivity contribution < 1.29 is 23.5 Å². The monoisotopic (exact) mass is 625 g/mol. The van der Waals surface area contributed by atoms with Crippen LogP contribution < -0.4 is 9.80 Å². The second-order valence-corrected chi connectivity index (χ2v) is 16.6. The number of hydrogen-bond donors (Lipinski definition) is 1. The van der Waals surface area contributed by atoms with E-state index in [9.17, 15) is 14.7 Å². The number of hydrogen-bond acceptors (Lipinski definition) is 6. The molecule has 6 rings (SSSR count). The molecule has 0 radical (unpaired) electrons. The second-order valence-electron chi connectivity index (χ2n) is 12.4. The molecule has 3 aliphatic rings. The smallest absolute Gasteiger partial charge is 0.264 e. The average Bonchev–Trinajstić information content (AvgIpc) is 3.71. The highest BCUT2D eigenvalue weighted by Crippen LogP contribution is 2.60. The summed E-state index contributed by atoms with van der Waals surface area (Å²) >= 11 is 6.50. The molecule has 1 N–H and O–H groups in total. The van der Waals surface area contributed by atoms with Crippen molar-refractivity contribution in [2.24, 2.45) is 5.92 Å². The Morgan fingerprint density at radius 1 is 1.21 bits per heavy atom. The molecule has 3 aromatic rings. The summed E-state index contributed by atoms with van der Waals surface area (Å²) in [6.45, 7) is 6.67. The molecule has 2 saturated heterocycles. The number of benzene rings is 2. The van der Waals surface area contributed by atoms with Gasteiger partial charge < -0.3 is 23.8 Å². The molecule has 4 atom stereocenters. The summed E-state index contributed by atoms with van der Waals surface area (Å²) in [5.74, 6) is -0.558. The van der Waals surface area contributed by atoms with E-state index < -0.39 is 31.6 Å². The van der Waals surface area contributed by atoms with Gasteiger partial charge >= 0.3 is 0 Å². The number of rotatable bonds is 9. The first-order chi connectivity index (χ1) is 20.5. The molecule has 0 bridgehead atoms. The fourth-order valence-electron chi connectivity index (χ4n) is 7.31. The number of aryl methyl sites for hydroxylation is 1. The van der Waals surface area contributed by atoms with Crippen LogP contribution in [-0.4, -0.2) is 59.6 Å². The average molecular weight is 626 g/mol. The number of fused-ring (bicyclic) bond motifs is 2. The number of anilines is 2. The number of nitrogens with zero attached hydrogens (tertiary/aromatic N) is 5. The van der Waals surface area contributed by atoms with Crippen LogP contribution in [0.15, 0.2) is 48.7 Å². The number of carbonyl (C=O) groups is 2. The van der Waals surface area contributed by atoms with Crippen LogP contribution >= 0.6 is 11.6 Å². The van der Waals surface area contributed by atoms with Crippen molar-refractivity contribution >= 4 is 43.2 Å². The summed E-state index contributed by atoms with van der Waals surface area (Å²) in [7, 11) is -3.32. The lowest BCUT2D eigenvalue weighted by atomic mass is 9.82. The highest BCUT2D eigenvalue weighted by molar-refractivity contribution is 6.72. The molecule has 2 amide bonds. The van der Waals surface area contributed by atoms with Gasteiger partial charge in [-0.1, -0.05) is 35.9 Å². The van der Waals surface area contributed by atoms with E-state index in [1.54, 1.807) is 45.9 Å². The van der Waals surface area contributed by atoms with Crippen molar-refractivity contribution in [2.45, 2.75) is 76.0 Å². The van der Waals surface area contributed by atoms with Crippen LogP contribution in [0.5, 0.6) is 0 Å². The third kappa shape index (κ3) is 5.30. The van der Waals surface area contributed by atoms with Crippen LogP contribution in [0, 0.1) is 5.92 Å². The van der Waals surface area contributed by atoms with Gasteiger partial charge in [-0.15, -0.1) is 5.10 Å². The van der Waals surface area contributed by atoms with Gasteiger partial charge in [-0.3, -0.25) is 14.3 Å². The van der Waals surface area contributed by atoms with Gasteiger partial charge in [0.2, 0.25) is 14.3 Å². The van der Waals surface area contributed by atoms with Crippen LogP contribution in [0.25, 0.3) is 0 Å². The fourth-order valence-corrected chi connectivity index (χ4v) is 10.0. The predicted octanol–water partition coefficient (Wildman–Crippen LogP) is 5.01. The van der Waals surface area contributed by atoms with Crippen molar-refractivity contribution in [2.75, 3.05) is 23.0 Å². The highest BCUT2D eigenvalue weighted by atomic mass is 35.5. The fraction of sp³-hybridized carbons (Fsp3) is 0.484. The summed E-state index contributed by atoms with van der Waals surface area (Å²) in [4.78, 5) is 30.5. The van der Waals surface area contributed by atoms with Crippen molar-refractivity contribution in [1.29, 1.82) is 0 Å². The zero-order valence-corrected chi connectivity index (χ0v) is 26.4. The quantitative estimate of drug-likeness (QED) is 0.265. The number of carbonyl (C=O) groups excluding carboxylic acids is 2. The van der Waals surface area contributed by atoms with Gasteiger partial charge in [0.25, 0.3) is 5.91 Å². The molecule has 3 aliphatic heterocycles. The molecule has 228 valence electrons. The van der Waals surface area contributed by atoms with Crippen LogP contribution in [0.1, 0.15) is 43.0 Å². The number of aliphatic hydroxyl groups is 1. The van der Waals surface area contributed by atoms with Gasteiger partial charge in [0.15, 0.2) is 5.60 Å². The Kier molecular flexibility index (Phi) is 7.95. The van der Waals surface area contributed by atoms with Gasteiger partial charge in [-0.2, -0.15) is 0 Å². The minimum atomic E-state index is -3.32. The van der Waals surface area contributed by atoms with Crippen molar-refractivity contribution in [3.63, 3.8) is 0 Å². The molecule has 12 heteroatoms. The van der Waals surface area contributed by atoms with Crippen molar-refractivity contribution in [1.82, 2.24) is 15.0 Å². The summed E-state index contributed by atoms with van der Waals surface area (Å²) in [5, 5.41) is 17.9. The number of aromatic nitrogens is 3. The molecular weight excluding hydrogens is 589 g/mol. The minimum absolute atomic E-state index is 0.0184. The van der Waals surface area contributed by atoms with Crippen LogP contribution in [0.2, 0.25) is 23.7 Å². The minimum Gasteiger partial charge on any atom is -0.396 e. The SMILES string of the molecule is C[C@@H]1[C@@H]([Si](C)(C)F)[C@H](CCn2cc(CCO)nn2)O[C@@]12C(=O)N(Cc1cccc(N3CCCC3=O)c1)c1ccc(Cl)cc12. The van der Waals surface area contributed by atoms with Crippen molar-refractivity contribution in [3.8, 4) is 0 Å². The third-order valence-electron chi connectivity index (χ3n) is 9.16. The van der Waals surface area contributed by atoms with E-state index in [0.29, 0.717) is 54.3 Å². The van der Waals surface area contributed by atoms with E-state index in [4.69, 9.17) is 16.3 Å². The normalized spacial score (nSPS) is 25.4. The van der Waals surface area contributed by atoms with Gasteiger partial charge in [0.1, 0.15) is 0 Å². The van der Waals surface area contributed by atoms with Gasteiger partial charge in [-0.05, 0) is 61.8 Å². The first-order valence-electron chi connectivity index (χ1n) is 14.9. The van der Waals surface area contributed by atoms with Crippen LogP contribution in [-0.2, 0) is 39.4 Å². The lowest BCUT2D eigenvalue weighted by molar-refractivity contribution is -0.146. The van der Waals surface area contributed by atoms with Crippen LogP contribution in [0.4, 0.5) is 15.5 Å². The molecule has 4 heterocycles. The first-order valence-corrected chi connectivity index (χ1v) is 18.2. The molecule has 0 unspecified atom stereocenters. The van der Waals surface area contributed by atoms with Crippen LogP contribution in [0.3, 0.4) is 0 Å². The highest BCUT2D eigenvalue weighted by Gasteiger charge is 2.66. The number of aliphatic hydroxyl groups excluding tert-OH is 1. The maximum Gasteiger partial charge on any atom is 0.264 e. The molecule has 2 fully saturated rings. The number of halogens is 2. The standard InChI is InChI=1S/C31H37ClFN5O4Si/c1-20-29(43(2,3)33)27(11-14-36-19-23(12-15-39)34-35-36)42-31(20)25-17-22(32)9-10-26(25)38(30(31)41)18-21-6-4-7-24(16-21)37-13-5-8-28(37)40/h4,6-7,9-10,16-17,19-20,27,29,39H,5,8,11-15,18H2,1-3H3/t20-,27+,29-,31+/m1/s1. The lowest BCUT2D eigenvalue weighted by Gasteiger charge is -2.31. The van der Waals surface area contributed by atoms with E-state index >= 15 is 4.11 Å². The molecular formula is C31H37ClFN5O4Si. The summed E-state index contributed by atoms with van der Waals surface area (Å²) in [6, 6.07) is 13.1. The van der Waals surface area contributed by atoms with E-state index in [2.05, 4.69) is 10.3 Å². The Balaban J connectivity index is 1.33. The van der Waals surface area contributed by atoms with E-state index in [-0.39, 0.29) is 25.0 Å². The maximum atomic E-state index is 16.1. The molecule has 9 nitrogen and oxygen atoms in total. The first kappa shape index (κ1) is 29.9. The maximum absolute atomic E-state index is 16.1. The summed E-state index contributed by atoms with van der Waals surface area (Å²) in [5.41, 5.74) is 1.93. The van der Waals surface area contributed by atoms with Gasteiger partial charge in [-0.25, -0.2) is 0 Å². The van der Waals surface area contributed by atoms with E-state index in [1.807, 2.05) is 37.3 Å². The molecule has 43 heavy (non-hydrogen) atoms. The summed E-state index contributed by atoms with van der Waals surface area (Å²) < 4.78 is 24.6. The van der Waals surface area contributed by atoms with E-state index in [0.717, 1.165) is 17.7 Å². The Labute approximate surface area is 256 Å². The Hall–Kier alpha value is -3.12. The lowest BCUT2D eigenvalue weighted by Crippen LogP contribution is -2.45. The third-order valence-corrected chi connectivity index (χ3v) is 11.8. The van der Waals surface area contributed by atoms with Gasteiger partial charge in [0.05, 0.1) is 24.0 Å². The Morgan fingerprint density at radius 2 is 2.02 bits per heavy atom. The molecule has 2 aromatic carbocycles. The van der Waals surface area contributed by atoms with E-state index in [1.165, 1.54) is 0 Å². The largest absolute Gasteiger partial charge is 0.396 e. The molecule has 0 saturated carbocycles. The number of amides is 2.